The molecule has 1 fully saturated rings. The maximum Gasteiger partial charge on any atom is 0.344 e. The summed E-state index contributed by atoms with van der Waals surface area (Å²) < 4.78 is 8.01. The fourth-order valence-corrected chi connectivity index (χ4v) is 6.15. The van der Waals surface area contributed by atoms with Gasteiger partial charge in [-0.15, -0.1) is 0 Å². The Hall–Kier alpha value is -3.77. The van der Waals surface area contributed by atoms with Crippen molar-refractivity contribution < 1.29 is 19.4 Å². The number of hydrogen-bond donors (Lipinski definition) is 2. The third-order valence-corrected chi connectivity index (χ3v) is 9.37. The van der Waals surface area contributed by atoms with Crippen LogP contribution in [0.3, 0.4) is 0 Å². The Balaban J connectivity index is 1.41. The summed E-state index contributed by atoms with van der Waals surface area (Å²) in [5, 5.41) is 14.0. The molecule has 1 aromatic heterocycles. The molecule has 4 aromatic rings. The van der Waals surface area contributed by atoms with Gasteiger partial charge in [-0.1, -0.05) is 67.8 Å². The fraction of sp³-hybridized carbons (Fsp3) is 0.405. The second kappa shape index (κ2) is 13.9. The van der Waals surface area contributed by atoms with Crippen molar-refractivity contribution in [2.45, 2.75) is 91.3 Å². The number of carboxylic acids is 1. The maximum atomic E-state index is 13.5. The summed E-state index contributed by atoms with van der Waals surface area (Å²) in [5.74, 6) is -0.130. The summed E-state index contributed by atoms with van der Waals surface area (Å²) in [6.07, 6.45) is 6.77. The highest BCUT2D eigenvalue weighted by molar-refractivity contribution is 6.32. The molecule has 0 radical (unpaired) electrons. The first-order valence-electron chi connectivity index (χ1n) is 15.8. The minimum atomic E-state index is -1.05. The minimum absolute atomic E-state index is 0.0860. The Labute approximate surface area is 265 Å². The molecule has 1 aliphatic rings. The molecule has 2 N–H and O–H groups in total. The van der Waals surface area contributed by atoms with Crippen molar-refractivity contribution in [1.82, 2.24) is 9.88 Å². The first-order valence-corrected chi connectivity index (χ1v) is 16.2. The molecule has 0 bridgehead atoms. The fourth-order valence-electron chi connectivity index (χ4n) is 5.99. The number of nitrogens with zero attached hydrogens (tertiary/aromatic N) is 1. The third-order valence-electron chi connectivity index (χ3n) is 9.06. The van der Waals surface area contributed by atoms with Crippen molar-refractivity contribution in [3.8, 4) is 5.75 Å². The molecule has 1 amide bonds. The second-order valence-corrected chi connectivity index (χ2v) is 12.7. The van der Waals surface area contributed by atoms with Crippen LogP contribution < -0.4 is 10.1 Å². The van der Waals surface area contributed by atoms with Crippen LogP contribution in [0.25, 0.3) is 10.9 Å². The van der Waals surface area contributed by atoms with Crippen molar-refractivity contribution >= 4 is 34.4 Å². The van der Waals surface area contributed by atoms with Crippen LogP contribution in [0.4, 0.5) is 0 Å². The number of carbonyl (C=O) groups is 2. The molecular formula is C37H43ClN2O4. The predicted molar refractivity (Wildman–Crippen MR) is 177 cm³/mol. The van der Waals surface area contributed by atoms with Gasteiger partial charge >= 0.3 is 5.97 Å². The molecule has 0 unspecified atom stereocenters. The number of hydrogen-bond acceptors (Lipinski definition) is 3. The molecule has 7 heteroatoms. The van der Waals surface area contributed by atoms with E-state index in [2.05, 4.69) is 54.1 Å². The van der Waals surface area contributed by atoms with E-state index in [-0.39, 0.29) is 11.9 Å². The number of aromatic nitrogens is 1. The van der Waals surface area contributed by atoms with Gasteiger partial charge in [-0.3, -0.25) is 4.79 Å². The molecule has 0 saturated heterocycles. The lowest BCUT2D eigenvalue weighted by atomic mass is 9.85. The molecule has 0 spiro atoms. The van der Waals surface area contributed by atoms with Gasteiger partial charge < -0.3 is 19.7 Å². The van der Waals surface area contributed by atoms with E-state index < -0.39 is 12.1 Å². The lowest BCUT2D eigenvalue weighted by Gasteiger charge is -2.27. The Morgan fingerprint density at radius 3 is 2.43 bits per heavy atom. The number of fused-ring (bicyclic) bond motifs is 1. The number of benzene rings is 3. The summed E-state index contributed by atoms with van der Waals surface area (Å²) in [5.41, 5.74) is 7.47. The van der Waals surface area contributed by atoms with Crippen LogP contribution in [0.2, 0.25) is 5.02 Å². The Bertz CT molecular complexity index is 1640. The van der Waals surface area contributed by atoms with E-state index >= 15 is 0 Å². The summed E-state index contributed by atoms with van der Waals surface area (Å²) in [6, 6.07) is 20.0. The monoisotopic (exact) mass is 614 g/mol. The van der Waals surface area contributed by atoms with Gasteiger partial charge in [-0.05, 0) is 105 Å². The zero-order valence-corrected chi connectivity index (χ0v) is 26.9. The summed E-state index contributed by atoms with van der Waals surface area (Å²) in [4.78, 5) is 24.8. The zero-order valence-electron chi connectivity index (χ0n) is 26.2. The number of carbonyl (C=O) groups excluding carboxylic acids is 1. The molecule has 44 heavy (non-hydrogen) atoms. The lowest BCUT2D eigenvalue weighted by Crippen LogP contribution is -2.26. The van der Waals surface area contributed by atoms with E-state index in [4.69, 9.17) is 16.3 Å². The number of aliphatic carboxylic acids is 1. The number of rotatable bonds is 13. The van der Waals surface area contributed by atoms with Gasteiger partial charge in [-0.25, -0.2) is 4.79 Å². The number of halogens is 1. The van der Waals surface area contributed by atoms with E-state index in [1.807, 2.05) is 31.2 Å². The molecule has 1 heterocycles. The van der Waals surface area contributed by atoms with Crippen LogP contribution in [-0.4, -0.2) is 27.7 Å². The minimum Gasteiger partial charge on any atom is -0.479 e. The molecule has 3 aromatic carbocycles. The second-order valence-electron chi connectivity index (χ2n) is 12.3. The smallest absolute Gasteiger partial charge is 0.344 e. The zero-order chi connectivity index (χ0) is 31.4. The molecule has 1 aliphatic carbocycles. The molecule has 5 rings (SSSR count). The molecule has 2 atom stereocenters. The summed E-state index contributed by atoms with van der Waals surface area (Å²) in [7, 11) is 0. The normalized spacial score (nSPS) is 14.7. The topological polar surface area (TPSA) is 80.6 Å². The molecule has 6 nitrogen and oxygen atoms in total. The largest absolute Gasteiger partial charge is 0.479 e. The van der Waals surface area contributed by atoms with Crippen molar-refractivity contribution in [3.63, 3.8) is 0 Å². The van der Waals surface area contributed by atoms with Crippen LogP contribution >= 0.6 is 11.6 Å². The number of aryl methyl sites for hydroxylation is 1. The van der Waals surface area contributed by atoms with Crippen LogP contribution in [0.15, 0.2) is 60.7 Å². The molecule has 0 aliphatic heterocycles. The highest BCUT2D eigenvalue weighted by atomic mass is 35.5. The highest BCUT2D eigenvalue weighted by Gasteiger charge is 2.23. The summed E-state index contributed by atoms with van der Waals surface area (Å²) in [6.45, 7) is 8.80. The van der Waals surface area contributed by atoms with Gasteiger partial charge in [0.1, 0.15) is 5.75 Å². The first kappa shape index (κ1) is 31.6. The average molecular weight is 615 g/mol. The van der Waals surface area contributed by atoms with Crippen molar-refractivity contribution in [2.24, 2.45) is 5.92 Å². The van der Waals surface area contributed by atoms with Gasteiger partial charge in [0.25, 0.3) is 5.91 Å². The number of amides is 1. The van der Waals surface area contributed by atoms with Crippen LogP contribution in [0.1, 0.15) is 97.2 Å². The van der Waals surface area contributed by atoms with E-state index in [1.54, 1.807) is 6.07 Å². The summed E-state index contributed by atoms with van der Waals surface area (Å²) >= 11 is 6.35. The van der Waals surface area contributed by atoms with Gasteiger partial charge in [0, 0.05) is 28.7 Å². The van der Waals surface area contributed by atoms with Crippen LogP contribution in [-0.2, 0) is 24.2 Å². The Morgan fingerprint density at radius 2 is 1.77 bits per heavy atom. The third kappa shape index (κ3) is 7.13. The molecule has 1 saturated carbocycles. The van der Waals surface area contributed by atoms with Crippen LogP contribution in [0, 0.1) is 12.8 Å². The van der Waals surface area contributed by atoms with Gasteiger partial charge in [0.05, 0.1) is 11.1 Å². The average Bonchev–Trinajstić information content (AvgIpc) is 3.24. The lowest BCUT2D eigenvalue weighted by molar-refractivity contribution is -0.144. The number of carboxylic acid groups (broad SMARTS) is 1. The van der Waals surface area contributed by atoms with E-state index in [0.717, 1.165) is 35.0 Å². The van der Waals surface area contributed by atoms with E-state index in [9.17, 15) is 14.7 Å². The van der Waals surface area contributed by atoms with Crippen LogP contribution in [0.5, 0.6) is 5.75 Å². The number of nitrogens with one attached hydrogen (secondary N) is 1. The number of ether oxygens (including phenoxy) is 1. The SMILES string of the molecule is CCCCc1ccc([C@H](C)NC(=O)c2ccc3c(Cc4ccc(Cl)c(O[C@H](C)C(=O)O)c4)c(C)n(CC4CCC4)c3c2)cc1. The Morgan fingerprint density at radius 1 is 1.05 bits per heavy atom. The highest BCUT2D eigenvalue weighted by Crippen LogP contribution is 2.35. The van der Waals surface area contributed by atoms with Crippen molar-refractivity contribution in [2.75, 3.05) is 0 Å². The molecular weight excluding hydrogens is 572 g/mol. The van der Waals surface area contributed by atoms with Gasteiger partial charge in [0.2, 0.25) is 0 Å². The maximum absolute atomic E-state index is 13.5. The Kier molecular flexibility index (Phi) is 10.00. The van der Waals surface area contributed by atoms with Gasteiger partial charge in [-0.2, -0.15) is 0 Å². The predicted octanol–water partition coefficient (Wildman–Crippen LogP) is 8.68. The van der Waals surface area contributed by atoms with E-state index in [1.165, 1.54) is 55.8 Å². The van der Waals surface area contributed by atoms with Crippen molar-refractivity contribution in [1.29, 1.82) is 0 Å². The van der Waals surface area contributed by atoms with Crippen molar-refractivity contribution in [3.05, 3.63) is 99.2 Å². The number of unbranched alkanes of at least 4 members (excludes halogenated alkanes) is 1. The van der Waals surface area contributed by atoms with Gasteiger partial charge in [0.15, 0.2) is 6.10 Å². The first-order chi connectivity index (χ1) is 21.1. The quantitative estimate of drug-likeness (QED) is 0.158. The molecule has 232 valence electrons. The standard InChI is InChI=1S/C37H43ClN2O4/c1-5-6-8-26-11-14-29(15-12-26)23(2)39-36(41)30-16-17-31-32(24(3)40(34(31)21-30)22-27-9-7-10-27)19-28-13-18-33(38)35(20-28)44-25(4)37(42)43/h11-18,20-21,23,25,27H,5-10,19,22H2,1-4H3,(H,39,41)(H,42,43)/t23-,25+/m0/s1. The van der Waals surface area contributed by atoms with E-state index in [0.29, 0.717) is 28.7 Å².